The first-order valence-corrected chi connectivity index (χ1v) is 4.33. The van der Waals surface area contributed by atoms with Gasteiger partial charge in [-0.1, -0.05) is 13.8 Å². The molecule has 0 bridgehead atoms. The van der Waals surface area contributed by atoms with Crippen LogP contribution >= 0.6 is 12.4 Å². The lowest BCUT2D eigenvalue weighted by Gasteiger charge is -2.29. The smallest absolute Gasteiger partial charge is 0.0190 e. The van der Waals surface area contributed by atoms with Crippen LogP contribution in [0.4, 0.5) is 0 Å². The lowest BCUT2D eigenvalue weighted by molar-refractivity contribution is 0.334. The summed E-state index contributed by atoms with van der Waals surface area (Å²) in [6.07, 6.45) is 2.48. The van der Waals surface area contributed by atoms with Crippen molar-refractivity contribution in [2.75, 3.05) is 13.1 Å². The van der Waals surface area contributed by atoms with Crippen molar-refractivity contribution < 1.29 is 0 Å². The van der Waals surface area contributed by atoms with Crippen molar-refractivity contribution in [1.29, 1.82) is 0 Å². The predicted octanol–water partition coefficient (Wildman–Crippen LogP) is 1.16. The molecule has 1 rings (SSSR count). The minimum Gasteiger partial charge on any atom is -0.311 e. The summed E-state index contributed by atoms with van der Waals surface area (Å²) in [6, 6.07) is 1.42. The molecule has 2 unspecified atom stereocenters. The van der Waals surface area contributed by atoms with Crippen LogP contribution in [-0.2, 0) is 0 Å². The molecule has 1 aliphatic rings. The molecular weight excluding hydrogens is 160 g/mol. The second-order valence-corrected chi connectivity index (χ2v) is 3.03. The van der Waals surface area contributed by atoms with Gasteiger partial charge in [-0.05, 0) is 12.8 Å². The Morgan fingerprint density at radius 2 is 1.36 bits per heavy atom. The van der Waals surface area contributed by atoms with E-state index in [1.165, 1.54) is 12.8 Å². The van der Waals surface area contributed by atoms with E-state index < -0.39 is 0 Å². The monoisotopic (exact) mass is 178 g/mol. The fourth-order valence-electron chi connectivity index (χ4n) is 1.34. The number of nitrogens with one attached hydrogen (secondary N) is 2. The molecule has 1 saturated heterocycles. The van der Waals surface area contributed by atoms with Crippen molar-refractivity contribution in [3.63, 3.8) is 0 Å². The summed E-state index contributed by atoms with van der Waals surface area (Å²) in [7, 11) is 0. The van der Waals surface area contributed by atoms with Gasteiger partial charge < -0.3 is 10.6 Å². The Balaban J connectivity index is 0.000001000. The Morgan fingerprint density at radius 1 is 1.00 bits per heavy atom. The van der Waals surface area contributed by atoms with Crippen LogP contribution in [0.1, 0.15) is 26.7 Å². The Labute approximate surface area is 75.5 Å². The molecule has 68 valence electrons. The van der Waals surface area contributed by atoms with Crippen LogP contribution < -0.4 is 10.6 Å². The summed E-state index contributed by atoms with van der Waals surface area (Å²) in [5.74, 6) is 0. The van der Waals surface area contributed by atoms with Crippen LogP contribution in [0, 0.1) is 0 Å². The molecule has 0 aliphatic carbocycles. The van der Waals surface area contributed by atoms with Gasteiger partial charge in [0.2, 0.25) is 0 Å². The van der Waals surface area contributed by atoms with Gasteiger partial charge in [-0.15, -0.1) is 12.4 Å². The third kappa shape index (κ3) is 3.41. The molecule has 2 atom stereocenters. The van der Waals surface area contributed by atoms with Crippen molar-refractivity contribution in [3.05, 3.63) is 0 Å². The van der Waals surface area contributed by atoms with E-state index in [0.717, 1.165) is 13.1 Å². The fourth-order valence-corrected chi connectivity index (χ4v) is 1.34. The van der Waals surface area contributed by atoms with Crippen LogP contribution in [0.15, 0.2) is 0 Å². The second kappa shape index (κ2) is 5.81. The maximum Gasteiger partial charge on any atom is 0.0190 e. The standard InChI is InChI=1S/C8H18N2.ClH/c1-3-7-5-10-8(4-2)6-9-7;/h7-10H,3-6H2,1-2H3;1H. The molecule has 1 fully saturated rings. The first kappa shape index (κ1) is 11.2. The number of hydrogen-bond acceptors (Lipinski definition) is 2. The van der Waals surface area contributed by atoms with E-state index in [9.17, 15) is 0 Å². The largest absolute Gasteiger partial charge is 0.311 e. The molecule has 11 heavy (non-hydrogen) atoms. The van der Waals surface area contributed by atoms with E-state index in [1.807, 2.05) is 0 Å². The highest BCUT2D eigenvalue weighted by Crippen LogP contribution is 1.99. The molecule has 0 spiro atoms. The molecule has 3 heteroatoms. The van der Waals surface area contributed by atoms with Gasteiger partial charge in [0, 0.05) is 25.2 Å². The van der Waals surface area contributed by atoms with E-state index in [1.54, 1.807) is 0 Å². The molecule has 0 aromatic heterocycles. The third-order valence-electron chi connectivity index (χ3n) is 2.29. The minimum atomic E-state index is 0. The lowest BCUT2D eigenvalue weighted by Crippen LogP contribution is -2.53. The van der Waals surface area contributed by atoms with E-state index in [4.69, 9.17) is 0 Å². The average molecular weight is 179 g/mol. The van der Waals surface area contributed by atoms with Gasteiger partial charge in [0.15, 0.2) is 0 Å². The average Bonchev–Trinajstić information content (AvgIpc) is 2.05. The lowest BCUT2D eigenvalue weighted by atomic mass is 10.1. The first-order chi connectivity index (χ1) is 4.86. The highest BCUT2D eigenvalue weighted by Gasteiger charge is 2.15. The molecule has 2 nitrogen and oxygen atoms in total. The van der Waals surface area contributed by atoms with Crippen molar-refractivity contribution >= 4 is 12.4 Å². The fraction of sp³-hybridized carbons (Fsp3) is 1.00. The van der Waals surface area contributed by atoms with Crippen molar-refractivity contribution in [2.45, 2.75) is 38.8 Å². The molecule has 0 amide bonds. The molecule has 0 aromatic carbocycles. The normalized spacial score (nSPS) is 31.1. The quantitative estimate of drug-likeness (QED) is 0.663. The molecule has 0 aromatic rings. The number of halogens is 1. The molecular formula is C8H19ClN2. The highest BCUT2D eigenvalue weighted by atomic mass is 35.5. The molecule has 1 aliphatic heterocycles. The highest BCUT2D eigenvalue weighted by molar-refractivity contribution is 5.85. The Bertz CT molecular complexity index is 78.1. The van der Waals surface area contributed by atoms with Gasteiger partial charge in [0.1, 0.15) is 0 Å². The van der Waals surface area contributed by atoms with Crippen LogP contribution in [-0.4, -0.2) is 25.2 Å². The van der Waals surface area contributed by atoms with Crippen LogP contribution in [0.25, 0.3) is 0 Å². The summed E-state index contributed by atoms with van der Waals surface area (Å²) in [4.78, 5) is 0. The van der Waals surface area contributed by atoms with Gasteiger partial charge in [0.25, 0.3) is 0 Å². The molecule has 0 saturated carbocycles. The predicted molar refractivity (Wildman–Crippen MR) is 51.4 cm³/mol. The number of hydrogen-bond donors (Lipinski definition) is 2. The van der Waals surface area contributed by atoms with Crippen LogP contribution in [0.2, 0.25) is 0 Å². The van der Waals surface area contributed by atoms with Crippen molar-refractivity contribution in [1.82, 2.24) is 10.6 Å². The summed E-state index contributed by atoms with van der Waals surface area (Å²) < 4.78 is 0. The first-order valence-electron chi connectivity index (χ1n) is 4.33. The molecule has 2 N–H and O–H groups in total. The topological polar surface area (TPSA) is 24.1 Å². The van der Waals surface area contributed by atoms with E-state index in [0.29, 0.717) is 12.1 Å². The van der Waals surface area contributed by atoms with Gasteiger partial charge in [-0.3, -0.25) is 0 Å². The van der Waals surface area contributed by atoms with E-state index >= 15 is 0 Å². The van der Waals surface area contributed by atoms with Crippen LogP contribution in [0.5, 0.6) is 0 Å². The van der Waals surface area contributed by atoms with Gasteiger partial charge >= 0.3 is 0 Å². The summed E-state index contributed by atoms with van der Waals surface area (Å²) in [5, 5.41) is 7.01. The SMILES string of the molecule is CCC1CNC(CC)CN1.Cl. The summed E-state index contributed by atoms with van der Waals surface area (Å²) >= 11 is 0. The van der Waals surface area contributed by atoms with E-state index in [-0.39, 0.29) is 12.4 Å². The number of rotatable bonds is 2. The zero-order valence-corrected chi connectivity index (χ0v) is 8.21. The zero-order chi connectivity index (χ0) is 7.40. The van der Waals surface area contributed by atoms with E-state index in [2.05, 4.69) is 24.5 Å². The number of piperazine rings is 1. The van der Waals surface area contributed by atoms with Gasteiger partial charge in [0.05, 0.1) is 0 Å². The summed E-state index contributed by atoms with van der Waals surface area (Å²) in [5.41, 5.74) is 0. The van der Waals surface area contributed by atoms with Crippen LogP contribution in [0.3, 0.4) is 0 Å². The molecule has 1 heterocycles. The maximum atomic E-state index is 3.51. The van der Waals surface area contributed by atoms with Gasteiger partial charge in [-0.2, -0.15) is 0 Å². The van der Waals surface area contributed by atoms with Crippen molar-refractivity contribution in [2.24, 2.45) is 0 Å². The van der Waals surface area contributed by atoms with Crippen molar-refractivity contribution in [3.8, 4) is 0 Å². The Kier molecular flexibility index (Phi) is 5.92. The zero-order valence-electron chi connectivity index (χ0n) is 7.39. The Morgan fingerprint density at radius 3 is 1.55 bits per heavy atom. The summed E-state index contributed by atoms with van der Waals surface area (Å²) in [6.45, 7) is 6.75. The second-order valence-electron chi connectivity index (χ2n) is 3.03. The van der Waals surface area contributed by atoms with Gasteiger partial charge in [-0.25, -0.2) is 0 Å². The third-order valence-corrected chi connectivity index (χ3v) is 2.29. The minimum absolute atomic E-state index is 0. The Hall–Kier alpha value is 0.210. The molecule has 0 radical (unpaired) electrons. The maximum absolute atomic E-state index is 3.51.